The fourth-order valence-electron chi connectivity index (χ4n) is 2.06. The van der Waals surface area contributed by atoms with Gasteiger partial charge in [0.2, 0.25) is 0 Å². The molecule has 4 N–H and O–H groups in total. The molecular formula is C12H16Br2N2O. The van der Waals surface area contributed by atoms with Crippen LogP contribution in [0.2, 0.25) is 0 Å². The fourth-order valence-corrected chi connectivity index (χ4v) is 3.38. The minimum atomic E-state index is -0.0770. The van der Waals surface area contributed by atoms with Crippen molar-refractivity contribution in [2.75, 3.05) is 12.3 Å². The molecule has 0 amide bonds. The van der Waals surface area contributed by atoms with E-state index >= 15 is 0 Å². The number of rotatable bonds is 4. The Balaban J connectivity index is 1.86. The van der Waals surface area contributed by atoms with Gasteiger partial charge in [-0.3, -0.25) is 0 Å². The molecule has 1 aromatic rings. The number of anilines is 1. The van der Waals surface area contributed by atoms with Crippen LogP contribution in [0.15, 0.2) is 21.1 Å². The summed E-state index contributed by atoms with van der Waals surface area (Å²) in [6, 6.07) is 3.98. The standard InChI is InChI=1S/C12H16Br2N2O/c13-9-3-8(12(15)11(14)4-9)6-16-5-7-1-10(17)2-7/h3-4,7,10,16-17H,1-2,5-6,15H2. The average molecular weight is 364 g/mol. The van der Waals surface area contributed by atoms with E-state index in [0.717, 1.165) is 46.1 Å². The third kappa shape index (κ3) is 3.44. The van der Waals surface area contributed by atoms with Gasteiger partial charge >= 0.3 is 0 Å². The van der Waals surface area contributed by atoms with Gasteiger partial charge in [-0.2, -0.15) is 0 Å². The van der Waals surface area contributed by atoms with Gasteiger partial charge in [-0.25, -0.2) is 0 Å². The molecule has 94 valence electrons. The van der Waals surface area contributed by atoms with Crippen LogP contribution in [-0.2, 0) is 6.54 Å². The second-order valence-electron chi connectivity index (χ2n) is 4.58. The number of nitrogen functional groups attached to an aromatic ring is 1. The molecule has 2 rings (SSSR count). The van der Waals surface area contributed by atoms with E-state index in [4.69, 9.17) is 5.73 Å². The molecule has 0 aliphatic heterocycles. The Kier molecular flexibility index (Phi) is 4.47. The SMILES string of the molecule is Nc1c(Br)cc(Br)cc1CNCC1CC(O)C1. The van der Waals surface area contributed by atoms with E-state index in [2.05, 4.69) is 37.2 Å². The normalized spacial score (nSPS) is 23.5. The van der Waals surface area contributed by atoms with Crippen LogP contribution in [0, 0.1) is 5.92 Å². The lowest BCUT2D eigenvalue weighted by atomic mass is 9.82. The minimum absolute atomic E-state index is 0.0770. The average Bonchev–Trinajstić information content (AvgIpc) is 2.22. The highest BCUT2D eigenvalue weighted by molar-refractivity contribution is 9.11. The van der Waals surface area contributed by atoms with E-state index in [1.165, 1.54) is 0 Å². The molecule has 0 radical (unpaired) electrons. The molecule has 0 bridgehead atoms. The lowest BCUT2D eigenvalue weighted by Gasteiger charge is -2.31. The van der Waals surface area contributed by atoms with E-state index < -0.39 is 0 Å². The van der Waals surface area contributed by atoms with Gasteiger partial charge < -0.3 is 16.2 Å². The summed E-state index contributed by atoms with van der Waals surface area (Å²) in [5.41, 5.74) is 7.86. The van der Waals surface area contributed by atoms with Crippen LogP contribution < -0.4 is 11.1 Å². The van der Waals surface area contributed by atoms with Crippen LogP contribution in [-0.4, -0.2) is 17.8 Å². The molecule has 1 aliphatic carbocycles. The third-order valence-corrected chi connectivity index (χ3v) is 4.25. The largest absolute Gasteiger partial charge is 0.398 e. The van der Waals surface area contributed by atoms with Crippen molar-refractivity contribution >= 4 is 37.5 Å². The van der Waals surface area contributed by atoms with E-state index in [9.17, 15) is 5.11 Å². The molecule has 5 heteroatoms. The van der Waals surface area contributed by atoms with Gasteiger partial charge in [-0.15, -0.1) is 0 Å². The zero-order chi connectivity index (χ0) is 12.4. The van der Waals surface area contributed by atoms with Crippen LogP contribution in [0.3, 0.4) is 0 Å². The molecule has 0 spiro atoms. The molecule has 0 atom stereocenters. The van der Waals surface area contributed by atoms with Crippen molar-refractivity contribution in [3.63, 3.8) is 0 Å². The Morgan fingerprint density at radius 2 is 2.06 bits per heavy atom. The van der Waals surface area contributed by atoms with Gasteiger partial charge in [0.25, 0.3) is 0 Å². The van der Waals surface area contributed by atoms with Crippen molar-refractivity contribution in [3.8, 4) is 0 Å². The van der Waals surface area contributed by atoms with E-state index in [-0.39, 0.29) is 6.10 Å². The molecule has 0 saturated heterocycles. The Morgan fingerprint density at radius 1 is 1.35 bits per heavy atom. The van der Waals surface area contributed by atoms with Crippen molar-refractivity contribution in [1.29, 1.82) is 0 Å². The summed E-state index contributed by atoms with van der Waals surface area (Å²) in [4.78, 5) is 0. The number of hydrogen-bond donors (Lipinski definition) is 3. The predicted octanol–water partition coefficient (Wildman–Crippen LogP) is 2.65. The van der Waals surface area contributed by atoms with Gasteiger partial charge in [0, 0.05) is 15.5 Å². The molecule has 0 aromatic heterocycles. The highest BCUT2D eigenvalue weighted by Gasteiger charge is 2.26. The Morgan fingerprint density at radius 3 is 2.71 bits per heavy atom. The van der Waals surface area contributed by atoms with Crippen molar-refractivity contribution in [1.82, 2.24) is 5.32 Å². The first kappa shape index (κ1) is 13.3. The quantitative estimate of drug-likeness (QED) is 0.721. The highest BCUT2D eigenvalue weighted by atomic mass is 79.9. The monoisotopic (exact) mass is 362 g/mol. The van der Waals surface area contributed by atoms with Crippen molar-refractivity contribution in [3.05, 3.63) is 26.6 Å². The van der Waals surface area contributed by atoms with Crippen molar-refractivity contribution in [2.45, 2.75) is 25.5 Å². The van der Waals surface area contributed by atoms with Gasteiger partial charge in [-0.1, -0.05) is 15.9 Å². The molecular weight excluding hydrogens is 348 g/mol. The second-order valence-corrected chi connectivity index (χ2v) is 6.35. The first-order valence-electron chi connectivity index (χ1n) is 5.68. The third-order valence-electron chi connectivity index (χ3n) is 3.14. The maximum atomic E-state index is 9.19. The maximum absolute atomic E-state index is 9.19. The number of nitrogens with one attached hydrogen (secondary N) is 1. The zero-order valence-electron chi connectivity index (χ0n) is 9.42. The summed E-state index contributed by atoms with van der Waals surface area (Å²) < 4.78 is 1.94. The number of halogens is 2. The van der Waals surface area contributed by atoms with Crippen LogP contribution in [0.1, 0.15) is 18.4 Å². The molecule has 1 fully saturated rings. The molecule has 1 aliphatic rings. The summed E-state index contributed by atoms with van der Waals surface area (Å²) in [7, 11) is 0. The van der Waals surface area contributed by atoms with Gasteiger partial charge in [-0.05, 0) is 58.9 Å². The highest BCUT2D eigenvalue weighted by Crippen LogP contribution is 2.29. The molecule has 1 saturated carbocycles. The topological polar surface area (TPSA) is 58.3 Å². The van der Waals surface area contributed by atoms with Gasteiger partial charge in [0.05, 0.1) is 11.8 Å². The second kappa shape index (κ2) is 5.69. The lowest BCUT2D eigenvalue weighted by Crippen LogP contribution is -2.36. The van der Waals surface area contributed by atoms with E-state index in [1.807, 2.05) is 12.1 Å². The van der Waals surface area contributed by atoms with E-state index in [1.54, 1.807) is 0 Å². The lowest BCUT2D eigenvalue weighted by molar-refractivity contribution is 0.0430. The minimum Gasteiger partial charge on any atom is -0.398 e. The molecule has 0 unspecified atom stereocenters. The van der Waals surface area contributed by atoms with E-state index in [0.29, 0.717) is 5.92 Å². The number of nitrogens with two attached hydrogens (primary N) is 1. The Labute approximate surface area is 118 Å². The van der Waals surface area contributed by atoms with Crippen molar-refractivity contribution in [2.24, 2.45) is 5.92 Å². The molecule has 17 heavy (non-hydrogen) atoms. The van der Waals surface area contributed by atoms with Gasteiger partial charge in [0.1, 0.15) is 0 Å². The summed E-state index contributed by atoms with van der Waals surface area (Å²) in [6.07, 6.45) is 1.77. The predicted molar refractivity (Wildman–Crippen MR) is 76.7 cm³/mol. The molecule has 3 nitrogen and oxygen atoms in total. The summed E-state index contributed by atoms with van der Waals surface area (Å²) in [6.45, 7) is 1.71. The zero-order valence-corrected chi connectivity index (χ0v) is 12.6. The van der Waals surface area contributed by atoms with Crippen LogP contribution in [0.4, 0.5) is 5.69 Å². The maximum Gasteiger partial charge on any atom is 0.0546 e. The Bertz CT molecular complexity index is 406. The molecule has 1 aromatic carbocycles. The van der Waals surface area contributed by atoms with Crippen LogP contribution in [0.5, 0.6) is 0 Å². The first-order valence-corrected chi connectivity index (χ1v) is 7.27. The first-order chi connectivity index (χ1) is 8.06. The molecule has 0 heterocycles. The fraction of sp³-hybridized carbons (Fsp3) is 0.500. The summed E-state index contributed by atoms with van der Waals surface area (Å²) in [5.74, 6) is 0.613. The van der Waals surface area contributed by atoms with Crippen LogP contribution >= 0.6 is 31.9 Å². The van der Waals surface area contributed by atoms with Crippen molar-refractivity contribution < 1.29 is 5.11 Å². The summed E-state index contributed by atoms with van der Waals surface area (Å²) in [5, 5.41) is 12.6. The summed E-state index contributed by atoms with van der Waals surface area (Å²) >= 11 is 6.89. The smallest absolute Gasteiger partial charge is 0.0546 e. The van der Waals surface area contributed by atoms with Gasteiger partial charge in [0.15, 0.2) is 0 Å². The number of aliphatic hydroxyl groups excluding tert-OH is 1. The Hall–Kier alpha value is -0.100. The number of benzene rings is 1. The number of aliphatic hydroxyl groups is 1. The number of hydrogen-bond acceptors (Lipinski definition) is 3. The van der Waals surface area contributed by atoms with Crippen LogP contribution in [0.25, 0.3) is 0 Å².